The van der Waals surface area contributed by atoms with Gasteiger partial charge in [-0.15, -0.1) is 10.2 Å². The standard InChI is InChI=1S/C19H18Cl2N4O2S/c1-12-6-8-13(9-7-12)27-10-16-23-24-19(25(16)2)28-11-17(26)22-18-14(20)4-3-5-15(18)21/h3-9H,10-11H2,1-2H3,(H,22,26). The molecule has 0 aliphatic rings. The molecule has 1 N–H and O–H groups in total. The number of hydrogen-bond acceptors (Lipinski definition) is 5. The van der Waals surface area contributed by atoms with E-state index in [1.54, 1.807) is 22.8 Å². The Morgan fingerprint density at radius 2 is 1.82 bits per heavy atom. The number of aromatic nitrogens is 3. The molecule has 0 saturated carbocycles. The van der Waals surface area contributed by atoms with Gasteiger partial charge in [-0.05, 0) is 31.2 Å². The van der Waals surface area contributed by atoms with Crippen molar-refractivity contribution in [3.8, 4) is 5.75 Å². The van der Waals surface area contributed by atoms with Crippen LogP contribution >= 0.6 is 35.0 Å². The maximum atomic E-state index is 12.2. The normalized spacial score (nSPS) is 10.7. The van der Waals surface area contributed by atoms with Crippen LogP contribution in [0.2, 0.25) is 10.0 Å². The molecule has 3 aromatic rings. The quantitative estimate of drug-likeness (QED) is 0.541. The number of hydrogen-bond donors (Lipinski definition) is 1. The first-order chi connectivity index (χ1) is 13.4. The van der Waals surface area contributed by atoms with Crippen LogP contribution in [-0.2, 0) is 18.4 Å². The van der Waals surface area contributed by atoms with Gasteiger partial charge in [0.1, 0.15) is 12.4 Å². The van der Waals surface area contributed by atoms with Crippen LogP contribution < -0.4 is 10.1 Å². The predicted molar refractivity (Wildman–Crippen MR) is 112 cm³/mol. The number of nitrogens with zero attached hydrogens (tertiary/aromatic N) is 3. The number of thioether (sulfide) groups is 1. The summed E-state index contributed by atoms with van der Waals surface area (Å²) in [4.78, 5) is 12.2. The van der Waals surface area contributed by atoms with Crippen LogP contribution in [0.25, 0.3) is 0 Å². The second-order valence-corrected chi connectivity index (χ2v) is 7.75. The van der Waals surface area contributed by atoms with Gasteiger partial charge in [-0.1, -0.05) is 58.7 Å². The number of para-hydroxylation sites is 1. The third kappa shape index (κ3) is 5.19. The molecule has 0 atom stereocenters. The van der Waals surface area contributed by atoms with Gasteiger partial charge in [-0.2, -0.15) is 0 Å². The summed E-state index contributed by atoms with van der Waals surface area (Å²) in [6, 6.07) is 12.8. The second-order valence-electron chi connectivity index (χ2n) is 5.99. The molecule has 2 aromatic carbocycles. The van der Waals surface area contributed by atoms with E-state index in [9.17, 15) is 4.79 Å². The molecule has 0 fully saturated rings. The van der Waals surface area contributed by atoms with Crippen LogP contribution in [-0.4, -0.2) is 26.4 Å². The maximum absolute atomic E-state index is 12.2. The Balaban J connectivity index is 1.55. The molecule has 9 heteroatoms. The van der Waals surface area contributed by atoms with Crippen LogP contribution in [0, 0.1) is 6.92 Å². The molecule has 6 nitrogen and oxygen atoms in total. The monoisotopic (exact) mass is 436 g/mol. The number of carbonyl (C=O) groups excluding carboxylic acids is 1. The van der Waals surface area contributed by atoms with E-state index >= 15 is 0 Å². The van der Waals surface area contributed by atoms with E-state index in [0.29, 0.717) is 26.7 Å². The number of ether oxygens (including phenoxy) is 1. The Labute approximate surface area is 177 Å². The average Bonchev–Trinajstić information content (AvgIpc) is 3.02. The first kappa shape index (κ1) is 20.5. The van der Waals surface area contributed by atoms with Gasteiger partial charge in [0, 0.05) is 7.05 Å². The molecule has 3 rings (SSSR count). The maximum Gasteiger partial charge on any atom is 0.234 e. The molecule has 0 radical (unpaired) electrons. The van der Waals surface area contributed by atoms with Crippen LogP contribution in [0.15, 0.2) is 47.6 Å². The van der Waals surface area contributed by atoms with E-state index in [0.717, 1.165) is 5.75 Å². The van der Waals surface area contributed by atoms with Gasteiger partial charge >= 0.3 is 0 Å². The van der Waals surface area contributed by atoms with E-state index in [4.69, 9.17) is 27.9 Å². The number of benzene rings is 2. The average molecular weight is 437 g/mol. The zero-order chi connectivity index (χ0) is 20.1. The number of aryl methyl sites for hydroxylation is 1. The van der Waals surface area contributed by atoms with Gasteiger partial charge in [0.15, 0.2) is 11.0 Å². The molecule has 1 aromatic heterocycles. The Kier molecular flexibility index (Phi) is 6.83. The van der Waals surface area contributed by atoms with Gasteiger partial charge in [0.25, 0.3) is 0 Å². The van der Waals surface area contributed by atoms with Crippen LogP contribution in [0.1, 0.15) is 11.4 Å². The van der Waals surface area contributed by atoms with Crippen molar-refractivity contribution in [2.75, 3.05) is 11.1 Å². The van der Waals surface area contributed by atoms with E-state index < -0.39 is 0 Å². The molecule has 0 aliphatic heterocycles. The Hall–Kier alpha value is -2.22. The zero-order valence-corrected chi connectivity index (χ0v) is 17.6. The Morgan fingerprint density at radius 3 is 2.50 bits per heavy atom. The molecule has 0 unspecified atom stereocenters. The van der Waals surface area contributed by atoms with E-state index in [1.807, 2.05) is 38.2 Å². The van der Waals surface area contributed by atoms with Crippen molar-refractivity contribution in [3.05, 3.63) is 63.9 Å². The SMILES string of the molecule is Cc1ccc(OCc2nnc(SCC(=O)Nc3c(Cl)cccc3Cl)n2C)cc1. The van der Waals surface area contributed by atoms with Crippen molar-refractivity contribution in [1.82, 2.24) is 14.8 Å². The highest BCUT2D eigenvalue weighted by molar-refractivity contribution is 7.99. The molecular formula is C19H18Cl2N4O2S. The largest absolute Gasteiger partial charge is 0.486 e. The van der Waals surface area contributed by atoms with Crippen molar-refractivity contribution < 1.29 is 9.53 Å². The Bertz CT molecular complexity index is 956. The number of anilines is 1. The van der Waals surface area contributed by atoms with Gasteiger partial charge in [0.2, 0.25) is 5.91 Å². The molecule has 0 aliphatic carbocycles. The summed E-state index contributed by atoms with van der Waals surface area (Å²) >= 11 is 13.4. The summed E-state index contributed by atoms with van der Waals surface area (Å²) in [6.45, 7) is 2.31. The lowest BCUT2D eigenvalue weighted by Gasteiger charge is -2.09. The van der Waals surface area contributed by atoms with Crippen molar-refractivity contribution in [1.29, 1.82) is 0 Å². The molecular weight excluding hydrogens is 419 g/mol. The smallest absolute Gasteiger partial charge is 0.234 e. The zero-order valence-electron chi connectivity index (χ0n) is 15.3. The third-order valence-electron chi connectivity index (χ3n) is 3.87. The van der Waals surface area contributed by atoms with Gasteiger partial charge < -0.3 is 14.6 Å². The summed E-state index contributed by atoms with van der Waals surface area (Å²) in [5.41, 5.74) is 1.57. The number of rotatable bonds is 7. The Morgan fingerprint density at radius 1 is 1.14 bits per heavy atom. The van der Waals surface area contributed by atoms with Gasteiger partial charge in [0.05, 0.1) is 21.5 Å². The fourth-order valence-electron chi connectivity index (χ4n) is 2.30. The van der Waals surface area contributed by atoms with Gasteiger partial charge in [-0.3, -0.25) is 4.79 Å². The first-order valence-corrected chi connectivity index (χ1v) is 10.1. The predicted octanol–water partition coefficient (Wildman–Crippen LogP) is 4.74. The number of carbonyl (C=O) groups is 1. The number of nitrogens with one attached hydrogen (secondary N) is 1. The fourth-order valence-corrected chi connectivity index (χ4v) is 3.52. The lowest BCUT2D eigenvalue weighted by atomic mass is 10.2. The molecule has 1 heterocycles. The topological polar surface area (TPSA) is 69.0 Å². The summed E-state index contributed by atoms with van der Waals surface area (Å²) in [7, 11) is 1.83. The number of amides is 1. The molecule has 28 heavy (non-hydrogen) atoms. The van der Waals surface area contributed by atoms with Crippen molar-refractivity contribution in [2.24, 2.45) is 7.05 Å². The van der Waals surface area contributed by atoms with Crippen LogP contribution in [0.3, 0.4) is 0 Å². The first-order valence-electron chi connectivity index (χ1n) is 8.38. The van der Waals surface area contributed by atoms with E-state index in [-0.39, 0.29) is 18.3 Å². The molecule has 1 amide bonds. The third-order valence-corrected chi connectivity index (χ3v) is 5.52. The van der Waals surface area contributed by atoms with Crippen LogP contribution in [0.4, 0.5) is 5.69 Å². The fraction of sp³-hybridized carbons (Fsp3) is 0.211. The lowest BCUT2D eigenvalue weighted by molar-refractivity contribution is -0.113. The van der Waals surface area contributed by atoms with Crippen LogP contribution in [0.5, 0.6) is 5.75 Å². The minimum absolute atomic E-state index is 0.145. The summed E-state index contributed by atoms with van der Waals surface area (Å²) < 4.78 is 7.53. The number of halogens is 2. The minimum atomic E-state index is -0.236. The highest BCUT2D eigenvalue weighted by Crippen LogP contribution is 2.30. The molecule has 146 valence electrons. The summed E-state index contributed by atoms with van der Waals surface area (Å²) in [6.07, 6.45) is 0. The van der Waals surface area contributed by atoms with Crippen molar-refractivity contribution in [3.63, 3.8) is 0 Å². The lowest BCUT2D eigenvalue weighted by Crippen LogP contribution is -2.15. The van der Waals surface area contributed by atoms with Crippen molar-refractivity contribution in [2.45, 2.75) is 18.7 Å². The van der Waals surface area contributed by atoms with Gasteiger partial charge in [-0.25, -0.2) is 0 Å². The van der Waals surface area contributed by atoms with Crippen molar-refractivity contribution >= 4 is 46.6 Å². The summed E-state index contributed by atoms with van der Waals surface area (Å²) in [5, 5.41) is 12.4. The summed E-state index contributed by atoms with van der Waals surface area (Å²) in [5.74, 6) is 1.34. The molecule has 0 saturated heterocycles. The second kappa shape index (κ2) is 9.32. The van der Waals surface area contributed by atoms with E-state index in [2.05, 4.69) is 15.5 Å². The molecule has 0 bridgehead atoms. The highest BCUT2D eigenvalue weighted by Gasteiger charge is 2.14. The molecule has 0 spiro atoms. The minimum Gasteiger partial charge on any atom is -0.486 e. The highest BCUT2D eigenvalue weighted by atomic mass is 35.5. The van der Waals surface area contributed by atoms with E-state index in [1.165, 1.54) is 17.3 Å².